The number of barbiturate groups is 1. The van der Waals surface area contributed by atoms with Gasteiger partial charge in [-0.3, -0.25) is 14.9 Å². The standard InChI is InChI=1S/C22H17IN2O9/c1-30-17-7-11(6-14(23)19(17)32-9-18(26)31-2)5-13-20(27)24-22(29)25(21(13)28)12-3-4-15-16(8-12)34-10-33-15/h3-8H,9-10H2,1-2H3,(H,24,27,29). The van der Waals surface area contributed by atoms with E-state index in [1.54, 1.807) is 12.1 Å². The van der Waals surface area contributed by atoms with E-state index in [1.807, 2.05) is 22.6 Å². The highest BCUT2D eigenvalue weighted by molar-refractivity contribution is 14.1. The van der Waals surface area contributed by atoms with Crippen molar-refractivity contribution in [3.8, 4) is 23.0 Å². The highest BCUT2D eigenvalue weighted by atomic mass is 127. The third-order valence-corrected chi connectivity index (χ3v) is 5.64. The van der Waals surface area contributed by atoms with Crippen molar-refractivity contribution in [2.75, 3.05) is 32.5 Å². The molecule has 0 spiro atoms. The number of nitrogens with zero attached hydrogens (tertiary/aromatic N) is 1. The van der Waals surface area contributed by atoms with Crippen molar-refractivity contribution in [1.29, 1.82) is 0 Å². The first-order valence-electron chi connectivity index (χ1n) is 9.70. The summed E-state index contributed by atoms with van der Waals surface area (Å²) in [6, 6.07) is 6.83. The van der Waals surface area contributed by atoms with Crippen molar-refractivity contribution < 1.29 is 42.9 Å². The summed E-state index contributed by atoms with van der Waals surface area (Å²) >= 11 is 1.97. The van der Waals surface area contributed by atoms with Crippen LogP contribution in [0.1, 0.15) is 5.56 Å². The molecule has 34 heavy (non-hydrogen) atoms. The highest BCUT2D eigenvalue weighted by Crippen LogP contribution is 2.37. The Morgan fingerprint density at radius 2 is 1.91 bits per heavy atom. The first kappa shape index (κ1) is 23.4. The van der Waals surface area contributed by atoms with Crippen LogP contribution in [0.25, 0.3) is 6.08 Å². The van der Waals surface area contributed by atoms with Gasteiger partial charge in [0.2, 0.25) is 6.79 Å². The first-order valence-corrected chi connectivity index (χ1v) is 10.8. The van der Waals surface area contributed by atoms with Crippen LogP contribution < -0.4 is 29.2 Å². The normalized spacial score (nSPS) is 15.9. The molecule has 176 valence electrons. The SMILES string of the molecule is COC(=O)COc1c(I)cc(C=C2C(=O)NC(=O)N(c3ccc4c(c3)OCO4)C2=O)cc1OC. The second-order valence-electron chi connectivity index (χ2n) is 6.89. The van der Waals surface area contributed by atoms with Crippen molar-refractivity contribution in [1.82, 2.24) is 5.32 Å². The van der Waals surface area contributed by atoms with Gasteiger partial charge in [0.15, 0.2) is 29.6 Å². The van der Waals surface area contributed by atoms with E-state index in [9.17, 15) is 19.2 Å². The van der Waals surface area contributed by atoms with Gasteiger partial charge in [-0.2, -0.15) is 0 Å². The number of carbonyl (C=O) groups is 4. The van der Waals surface area contributed by atoms with Crippen molar-refractivity contribution in [2.24, 2.45) is 0 Å². The Morgan fingerprint density at radius 3 is 2.65 bits per heavy atom. The van der Waals surface area contributed by atoms with Crippen LogP contribution in [0.5, 0.6) is 23.0 Å². The molecule has 1 fully saturated rings. The summed E-state index contributed by atoms with van der Waals surface area (Å²) < 4.78 is 26.5. The van der Waals surface area contributed by atoms with Crippen LogP contribution in [0.15, 0.2) is 35.9 Å². The van der Waals surface area contributed by atoms with Crippen molar-refractivity contribution in [2.45, 2.75) is 0 Å². The molecule has 12 heteroatoms. The minimum absolute atomic E-state index is 0.0301. The maximum atomic E-state index is 13.2. The molecule has 11 nitrogen and oxygen atoms in total. The number of anilines is 1. The number of urea groups is 1. The molecular weight excluding hydrogens is 563 g/mol. The van der Waals surface area contributed by atoms with Gasteiger partial charge in [0.25, 0.3) is 11.8 Å². The quantitative estimate of drug-likeness (QED) is 0.237. The van der Waals surface area contributed by atoms with Crippen LogP contribution in [-0.4, -0.2) is 51.4 Å². The summed E-state index contributed by atoms with van der Waals surface area (Å²) in [5, 5.41) is 2.17. The number of ether oxygens (including phenoxy) is 5. The number of imide groups is 2. The number of fused-ring (bicyclic) bond motifs is 1. The molecular formula is C22H17IN2O9. The topological polar surface area (TPSA) is 130 Å². The van der Waals surface area contributed by atoms with E-state index in [1.165, 1.54) is 38.5 Å². The van der Waals surface area contributed by atoms with Crippen molar-refractivity contribution in [3.63, 3.8) is 0 Å². The predicted molar refractivity (Wildman–Crippen MR) is 125 cm³/mol. The summed E-state index contributed by atoms with van der Waals surface area (Å²) in [7, 11) is 2.65. The van der Waals surface area contributed by atoms with Gasteiger partial charge in [-0.15, -0.1) is 0 Å². The fourth-order valence-corrected chi connectivity index (χ4v) is 4.02. The number of nitrogens with one attached hydrogen (secondary N) is 1. The summed E-state index contributed by atoms with van der Waals surface area (Å²) in [4.78, 5) is 50.4. The maximum absolute atomic E-state index is 13.2. The lowest BCUT2D eigenvalue weighted by Crippen LogP contribution is -2.54. The second kappa shape index (κ2) is 9.59. The first-order chi connectivity index (χ1) is 16.3. The summed E-state index contributed by atoms with van der Waals surface area (Å²) in [5.74, 6) is -0.789. The van der Waals surface area contributed by atoms with Crippen LogP contribution in [0.4, 0.5) is 10.5 Å². The zero-order valence-corrected chi connectivity index (χ0v) is 20.0. The average Bonchev–Trinajstić information content (AvgIpc) is 3.28. The van der Waals surface area contributed by atoms with Crippen LogP contribution in [0.3, 0.4) is 0 Å². The van der Waals surface area contributed by atoms with Gasteiger partial charge in [-0.05, 0) is 58.5 Å². The molecule has 1 saturated heterocycles. The molecule has 2 aliphatic rings. The number of rotatable bonds is 6. The van der Waals surface area contributed by atoms with E-state index in [0.717, 1.165) is 4.90 Å². The molecule has 0 aromatic heterocycles. The van der Waals surface area contributed by atoms with Gasteiger partial charge in [-0.1, -0.05) is 0 Å². The van der Waals surface area contributed by atoms with E-state index in [0.29, 0.717) is 26.4 Å². The molecule has 0 bridgehead atoms. The Bertz CT molecular complexity index is 1240. The number of carbonyl (C=O) groups excluding carboxylic acids is 4. The minimum atomic E-state index is -0.885. The molecule has 4 rings (SSSR count). The zero-order chi connectivity index (χ0) is 24.4. The highest BCUT2D eigenvalue weighted by Gasteiger charge is 2.37. The molecule has 2 aromatic rings. The van der Waals surface area contributed by atoms with Gasteiger partial charge < -0.3 is 23.7 Å². The van der Waals surface area contributed by atoms with Gasteiger partial charge in [0.1, 0.15) is 5.57 Å². The minimum Gasteiger partial charge on any atom is -0.493 e. The number of amides is 4. The van der Waals surface area contributed by atoms with Crippen LogP contribution in [-0.2, 0) is 19.1 Å². The molecule has 4 amide bonds. The number of benzene rings is 2. The lowest BCUT2D eigenvalue weighted by atomic mass is 10.1. The Labute approximate surface area is 206 Å². The van der Waals surface area contributed by atoms with E-state index in [4.69, 9.17) is 18.9 Å². The maximum Gasteiger partial charge on any atom is 0.343 e. The number of hydrogen-bond acceptors (Lipinski definition) is 9. The van der Waals surface area contributed by atoms with Crippen LogP contribution in [0, 0.1) is 3.57 Å². The Kier molecular flexibility index (Phi) is 6.58. The van der Waals surface area contributed by atoms with E-state index in [-0.39, 0.29) is 30.4 Å². The summed E-state index contributed by atoms with van der Waals surface area (Å²) in [6.45, 7) is -0.292. The molecule has 0 aliphatic carbocycles. The molecule has 0 radical (unpaired) electrons. The third kappa shape index (κ3) is 4.48. The van der Waals surface area contributed by atoms with Crippen LogP contribution in [0.2, 0.25) is 0 Å². The smallest absolute Gasteiger partial charge is 0.343 e. The molecule has 0 saturated carbocycles. The molecule has 2 aliphatic heterocycles. The molecule has 0 unspecified atom stereocenters. The average molecular weight is 580 g/mol. The largest absolute Gasteiger partial charge is 0.493 e. The van der Waals surface area contributed by atoms with Crippen molar-refractivity contribution >= 4 is 58.2 Å². The lowest BCUT2D eigenvalue weighted by molar-refractivity contribution is -0.143. The predicted octanol–water partition coefficient (Wildman–Crippen LogP) is 2.25. The fourth-order valence-electron chi connectivity index (χ4n) is 3.24. The molecule has 0 atom stereocenters. The second-order valence-corrected chi connectivity index (χ2v) is 8.06. The lowest BCUT2D eigenvalue weighted by Gasteiger charge is -2.26. The van der Waals surface area contributed by atoms with Crippen molar-refractivity contribution in [3.05, 3.63) is 45.0 Å². The molecule has 2 heterocycles. The molecule has 1 N–H and O–H groups in total. The summed E-state index contributed by atoms with van der Waals surface area (Å²) in [5.41, 5.74) is 0.382. The summed E-state index contributed by atoms with van der Waals surface area (Å²) in [6.07, 6.45) is 1.33. The van der Waals surface area contributed by atoms with E-state index >= 15 is 0 Å². The number of esters is 1. The zero-order valence-electron chi connectivity index (χ0n) is 17.9. The number of hydrogen-bond donors (Lipinski definition) is 1. The van der Waals surface area contributed by atoms with E-state index in [2.05, 4.69) is 10.1 Å². The monoisotopic (exact) mass is 580 g/mol. The Morgan fingerprint density at radius 1 is 1.15 bits per heavy atom. The third-order valence-electron chi connectivity index (χ3n) is 4.84. The Balaban J connectivity index is 1.67. The van der Waals surface area contributed by atoms with Gasteiger partial charge >= 0.3 is 12.0 Å². The molecule has 2 aromatic carbocycles. The van der Waals surface area contributed by atoms with E-state index < -0.39 is 23.8 Å². The van der Waals surface area contributed by atoms with Gasteiger partial charge in [0, 0.05) is 6.07 Å². The number of methoxy groups -OCH3 is 2. The van der Waals surface area contributed by atoms with Crippen LogP contribution >= 0.6 is 22.6 Å². The number of halogens is 1. The Hall–Kier alpha value is -3.81. The van der Waals surface area contributed by atoms with Gasteiger partial charge in [-0.25, -0.2) is 14.5 Å². The van der Waals surface area contributed by atoms with Gasteiger partial charge in [0.05, 0.1) is 23.5 Å². The fraction of sp³-hybridized carbons (Fsp3) is 0.182.